The number of ether oxygens (including phenoxy) is 1. The van der Waals surface area contributed by atoms with Crippen molar-refractivity contribution in [3.63, 3.8) is 0 Å². The molecule has 0 unspecified atom stereocenters. The maximum atomic E-state index is 12.8. The topological polar surface area (TPSA) is 78.9 Å². The lowest BCUT2D eigenvalue weighted by Gasteiger charge is -2.21. The van der Waals surface area contributed by atoms with Gasteiger partial charge in [-0.15, -0.1) is 0 Å². The summed E-state index contributed by atoms with van der Waals surface area (Å²) in [5, 5.41) is 11.4. The number of nitrogens with zero attached hydrogens (tertiary/aromatic N) is 1. The van der Waals surface area contributed by atoms with Crippen molar-refractivity contribution in [1.29, 1.82) is 0 Å². The van der Waals surface area contributed by atoms with Crippen LogP contribution in [0.3, 0.4) is 0 Å². The van der Waals surface area contributed by atoms with E-state index in [1.54, 1.807) is 13.8 Å². The smallest absolute Gasteiger partial charge is 0.394 e. The first kappa shape index (κ1) is 17.5. The molecule has 0 spiro atoms. The molecular weight excluding hydrogens is 293 g/mol. The Morgan fingerprint density at radius 3 is 2.48 bits per heavy atom. The monoisotopic (exact) mass is 312 g/mol. The third-order valence-electron chi connectivity index (χ3n) is 3.29. The molecule has 1 rings (SSSR count). The van der Waals surface area contributed by atoms with Gasteiger partial charge in [0.25, 0.3) is 0 Å². The van der Waals surface area contributed by atoms with Gasteiger partial charge in [-0.2, -0.15) is 13.2 Å². The number of halogens is 3. The molecule has 6 nitrogen and oxygen atoms in total. The van der Waals surface area contributed by atoms with Crippen LogP contribution in [0.1, 0.15) is 13.8 Å². The van der Waals surface area contributed by atoms with E-state index in [0.717, 1.165) is 4.90 Å². The summed E-state index contributed by atoms with van der Waals surface area (Å²) in [5.41, 5.74) is 0. The van der Waals surface area contributed by atoms with E-state index < -0.39 is 43.1 Å². The first-order chi connectivity index (χ1) is 9.66. The molecule has 3 atom stereocenters. The molecule has 0 radical (unpaired) electrons. The highest BCUT2D eigenvalue weighted by Gasteiger charge is 2.53. The molecule has 1 fully saturated rings. The molecule has 1 aliphatic heterocycles. The van der Waals surface area contributed by atoms with Crippen molar-refractivity contribution in [2.45, 2.75) is 26.1 Å². The van der Waals surface area contributed by atoms with Gasteiger partial charge in [0.2, 0.25) is 0 Å². The Bertz CT molecular complexity index is 389. The van der Waals surface area contributed by atoms with Crippen LogP contribution in [-0.2, 0) is 9.53 Å². The fourth-order valence-corrected chi connectivity index (χ4v) is 2.19. The summed E-state index contributed by atoms with van der Waals surface area (Å²) < 4.78 is 43.5. The van der Waals surface area contributed by atoms with Gasteiger partial charge in [0.15, 0.2) is 0 Å². The molecule has 0 aromatic heterocycles. The molecule has 21 heavy (non-hydrogen) atoms. The predicted molar refractivity (Wildman–Crippen MR) is 66.7 cm³/mol. The number of carbonyl (C=O) groups excluding carboxylic acids is 1. The first-order valence-electron chi connectivity index (χ1n) is 6.59. The van der Waals surface area contributed by atoms with Gasteiger partial charge in [-0.25, -0.2) is 4.79 Å². The van der Waals surface area contributed by atoms with Crippen LogP contribution in [-0.4, -0.2) is 60.5 Å². The zero-order chi connectivity index (χ0) is 16.2. The number of alkyl halides is 3. The van der Waals surface area contributed by atoms with Crippen molar-refractivity contribution >= 4 is 12.0 Å². The number of likely N-dealkylation sites (tertiary alicyclic amines) is 1. The summed E-state index contributed by atoms with van der Waals surface area (Å²) in [6, 6.07) is -1.08. The lowest BCUT2D eigenvalue weighted by molar-refractivity contribution is -0.187. The van der Waals surface area contributed by atoms with E-state index in [2.05, 4.69) is 5.32 Å². The summed E-state index contributed by atoms with van der Waals surface area (Å²) in [6.45, 7) is 3.03. The van der Waals surface area contributed by atoms with Crippen molar-refractivity contribution in [1.82, 2.24) is 10.2 Å². The number of carbonyl (C=O) groups is 2. The number of urea groups is 1. The Morgan fingerprint density at radius 2 is 2.05 bits per heavy atom. The third-order valence-corrected chi connectivity index (χ3v) is 3.29. The maximum Gasteiger partial charge on any atom is 0.394 e. The number of nitrogens with one attached hydrogen (secondary N) is 1. The molecule has 1 aliphatic rings. The molecule has 0 bridgehead atoms. The number of carboxylic acid groups (broad SMARTS) is 1. The van der Waals surface area contributed by atoms with Crippen LogP contribution in [0.25, 0.3) is 0 Å². The zero-order valence-electron chi connectivity index (χ0n) is 11.8. The van der Waals surface area contributed by atoms with E-state index in [1.807, 2.05) is 0 Å². The van der Waals surface area contributed by atoms with E-state index in [4.69, 9.17) is 9.84 Å². The Morgan fingerprint density at radius 1 is 1.43 bits per heavy atom. The number of rotatable bonds is 5. The summed E-state index contributed by atoms with van der Waals surface area (Å²) in [5.74, 6) is -5.21. The standard InChI is InChI=1S/C12H19F3N2O4/c1-3-21-6-7(2)16-11(20)17-4-8(10(18)19)9(5-17)12(13,14)15/h7-9H,3-6H2,1-2H3,(H,16,20)(H,18,19)/t7-,8+,9+/m0/s1. The molecular formula is C12H19F3N2O4. The number of hydrogen-bond donors (Lipinski definition) is 2. The van der Waals surface area contributed by atoms with Crippen LogP contribution in [0.5, 0.6) is 0 Å². The highest BCUT2D eigenvalue weighted by atomic mass is 19.4. The Balaban J connectivity index is 2.65. The van der Waals surface area contributed by atoms with Gasteiger partial charge >= 0.3 is 18.2 Å². The van der Waals surface area contributed by atoms with Crippen LogP contribution >= 0.6 is 0 Å². The fraction of sp³-hybridized carbons (Fsp3) is 0.833. The van der Waals surface area contributed by atoms with E-state index >= 15 is 0 Å². The lowest BCUT2D eigenvalue weighted by atomic mass is 9.96. The molecule has 0 aromatic carbocycles. The van der Waals surface area contributed by atoms with Crippen molar-refractivity contribution in [3.8, 4) is 0 Å². The number of amides is 2. The van der Waals surface area contributed by atoms with Gasteiger partial charge in [0.1, 0.15) is 0 Å². The van der Waals surface area contributed by atoms with Gasteiger partial charge in [-0.05, 0) is 13.8 Å². The number of carboxylic acids is 1. The van der Waals surface area contributed by atoms with E-state index in [-0.39, 0.29) is 12.6 Å². The summed E-state index contributed by atoms with van der Waals surface area (Å²) in [6.07, 6.45) is -4.64. The minimum atomic E-state index is -4.64. The van der Waals surface area contributed by atoms with Crippen LogP contribution in [0.2, 0.25) is 0 Å². The normalized spacial score (nSPS) is 24.0. The average molecular weight is 312 g/mol. The van der Waals surface area contributed by atoms with Crippen molar-refractivity contribution in [2.24, 2.45) is 11.8 Å². The quantitative estimate of drug-likeness (QED) is 0.802. The van der Waals surface area contributed by atoms with Crippen LogP contribution in [0.15, 0.2) is 0 Å². The van der Waals surface area contributed by atoms with Gasteiger partial charge in [0.05, 0.1) is 24.5 Å². The van der Waals surface area contributed by atoms with Gasteiger partial charge < -0.3 is 20.1 Å². The second-order valence-corrected chi connectivity index (χ2v) is 5.01. The SMILES string of the molecule is CCOC[C@H](C)NC(=O)N1C[C@@H](C(F)(F)F)[C@H](C(=O)O)C1. The second-order valence-electron chi connectivity index (χ2n) is 5.01. The van der Waals surface area contributed by atoms with Gasteiger partial charge in [-0.1, -0.05) is 0 Å². The third kappa shape index (κ3) is 4.76. The molecule has 1 heterocycles. The Labute approximate surface area is 120 Å². The second kappa shape index (κ2) is 6.97. The lowest BCUT2D eigenvalue weighted by Crippen LogP contribution is -2.45. The van der Waals surface area contributed by atoms with Crippen molar-refractivity contribution < 1.29 is 32.6 Å². The average Bonchev–Trinajstić information content (AvgIpc) is 2.81. The summed E-state index contributed by atoms with van der Waals surface area (Å²) in [4.78, 5) is 23.7. The molecule has 2 amide bonds. The highest BCUT2D eigenvalue weighted by Crippen LogP contribution is 2.37. The number of hydrogen-bond acceptors (Lipinski definition) is 3. The van der Waals surface area contributed by atoms with E-state index in [1.165, 1.54) is 0 Å². The van der Waals surface area contributed by atoms with Crippen molar-refractivity contribution in [3.05, 3.63) is 0 Å². The molecule has 122 valence electrons. The van der Waals surface area contributed by atoms with Crippen molar-refractivity contribution in [2.75, 3.05) is 26.3 Å². The molecule has 9 heteroatoms. The molecule has 0 aliphatic carbocycles. The molecule has 2 N–H and O–H groups in total. The molecule has 0 saturated carbocycles. The predicted octanol–water partition coefficient (Wildman–Crippen LogP) is 1.32. The highest BCUT2D eigenvalue weighted by molar-refractivity contribution is 5.78. The van der Waals surface area contributed by atoms with Gasteiger partial charge in [-0.3, -0.25) is 4.79 Å². The van der Waals surface area contributed by atoms with Gasteiger partial charge in [0, 0.05) is 19.7 Å². The first-order valence-corrected chi connectivity index (χ1v) is 6.59. The van der Waals surface area contributed by atoms with Crippen LogP contribution in [0.4, 0.5) is 18.0 Å². The Hall–Kier alpha value is -1.51. The number of aliphatic carboxylic acids is 1. The maximum absolute atomic E-state index is 12.8. The molecule has 1 saturated heterocycles. The largest absolute Gasteiger partial charge is 0.481 e. The Kier molecular flexibility index (Phi) is 5.82. The van der Waals surface area contributed by atoms with E-state index in [0.29, 0.717) is 6.61 Å². The van der Waals surface area contributed by atoms with Crippen LogP contribution < -0.4 is 5.32 Å². The zero-order valence-corrected chi connectivity index (χ0v) is 11.8. The molecule has 0 aromatic rings. The minimum Gasteiger partial charge on any atom is -0.481 e. The van der Waals surface area contributed by atoms with Crippen LogP contribution in [0, 0.1) is 11.8 Å². The van der Waals surface area contributed by atoms with E-state index in [9.17, 15) is 22.8 Å². The minimum absolute atomic E-state index is 0.237. The summed E-state index contributed by atoms with van der Waals surface area (Å²) in [7, 11) is 0. The summed E-state index contributed by atoms with van der Waals surface area (Å²) >= 11 is 0. The fourth-order valence-electron chi connectivity index (χ4n) is 2.19.